The average Bonchev–Trinajstić information content (AvgIpc) is 2.82. The molecule has 0 aliphatic carbocycles. The van der Waals surface area contributed by atoms with Gasteiger partial charge in [-0.1, -0.05) is 18.2 Å². The molecule has 2 aromatic rings. The molecule has 0 saturated carbocycles. The Kier molecular flexibility index (Phi) is 3.26. The summed E-state index contributed by atoms with van der Waals surface area (Å²) in [4.78, 5) is 2.36. The molecule has 1 heterocycles. The molecule has 1 N–H and O–H groups in total. The van der Waals surface area contributed by atoms with Crippen molar-refractivity contribution in [2.45, 2.75) is 19.9 Å². The quantitative estimate of drug-likeness (QED) is 0.928. The van der Waals surface area contributed by atoms with Crippen LogP contribution in [0.15, 0.2) is 36.4 Å². The van der Waals surface area contributed by atoms with E-state index in [9.17, 15) is 5.11 Å². The molecule has 0 atom stereocenters. The van der Waals surface area contributed by atoms with Gasteiger partial charge >= 0.3 is 0 Å². The van der Waals surface area contributed by atoms with Gasteiger partial charge in [-0.25, -0.2) is 0 Å². The van der Waals surface area contributed by atoms with E-state index in [1.807, 2.05) is 12.1 Å². The number of benzene rings is 2. The van der Waals surface area contributed by atoms with Crippen molar-refractivity contribution in [3.63, 3.8) is 0 Å². The van der Waals surface area contributed by atoms with Gasteiger partial charge in [-0.05, 0) is 48.2 Å². The minimum Gasteiger partial charge on any atom is -0.504 e. The summed E-state index contributed by atoms with van der Waals surface area (Å²) in [5.41, 5.74) is 5.11. The van der Waals surface area contributed by atoms with Crippen LogP contribution in [0.4, 0.5) is 5.69 Å². The highest BCUT2D eigenvalue weighted by molar-refractivity contribution is 5.60. The molecule has 3 nitrogen and oxygen atoms in total. The predicted octanol–water partition coefficient (Wildman–Crippen LogP) is 3.27. The molecule has 0 radical (unpaired) electrons. The third kappa shape index (κ3) is 2.31. The van der Waals surface area contributed by atoms with Crippen LogP contribution >= 0.6 is 0 Å². The van der Waals surface area contributed by atoms with Gasteiger partial charge in [0.25, 0.3) is 0 Å². The second-order valence-electron chi connectivity index (χ2n) is 5.31. The Morgan fingerprint density at radius 3 is 2.80 bits per heavy atom. The Hall–Kier alpha value is -2.16. The summed E-state index contributed by atoms with van der Waals surface area (Å²) in [5.74, 6) is 0.722. The Bertz CT molecular complexity index is 637. The van der Waals surface area contributed by atoms with Crippen LogP contribution in [-0.4, -0.2) is 18.8 Å². The molecule has 1 aliphatic rings. The lowest BCUT2D eigenvalue weighted by Crippen LogP contribution is -2.19. The number of phenolic OH excluding ortho intramolecular Hbond substituents is 1. The number of phenols is 1. The number of ether oxygens (including phenoxy) is 1. The van der Waals surface area contributed by atoms with E-state index in [1.54, 1.807) is 13.2 Å². The summed E-state index contributed by atoms with van der Waals surface area (Å²) < 4.78 is 5.08. The van der Waals surface area contributed by atoms with E-state index in [0.29, 0.717) is 5.75 Å². The van der Waals surface area contributed by atoms with E-state index in [0.717, 1.165) is 25.1 Å². The van der Waals surface area contributed by atoms with E-state index in [4.69, 9.17) is 4.74 Å². The predicted molar refractivity (Wildman–Crippen MR) is 80.6 cm³/mol. The molecule has 1 aliphatic heterocycles. The number of nitrogens with zero attached hydrogens (tertiary/aromatic N) is 1. The maximum Gasteiger partial charge on any atom is 0.160 e. The lowest BCUT2D eigenvalue weighted by Gasteiger charge is -2.20. The third-order valence-corrected chi connectivity index (χ3v) is 3.85. The minimum absolute atomic E-state index is 0.202. The first-order chi connectivity index (χ1) is 9.67. The van der Waals surface area contributed by atoms with Gasteiger partial charge in [-0.2, -0.15) is 0 Å². The van der Waals surface area contributed by atoms with Crippen LogP contribution in [0.25, 0.3) is 0 Å². The number of hydrogen-bond acceptors (Lipinski definition) is 3. The van der Waals surface area contributed by atoms with Crippen molar-refractivity contribution < 1.29 is 9.84 Å². The second-order valence-corrected chi connectivity index (χ2v) is 5.31. The second kappa shape index (κ2) is 5.08. The molecule has 0 saturated heterocycles. The molecule has 0 bridgehead atoms. The van der Waals surface area contributed by atoms with Gasteiger partial charge in [0.2, 0.25) is 0 Å². The number of aryl methyl sites for hydroxylation is 1. The first-order valence-electron chi connectivity index (χ1n) is 6.88. The van der Waals surface area contributed by atoms with Crippen LogP contribution in [0.1, 0.15) is 16.7 Å². The summed E-state index contributed by atoms with van der Waals surface area (Å²) in [6.45, 7) is 3.97. The Balaban J connectivity index is 1.83. The minimum atomic E-state index is 0.202. The van der Waals surface area contributed by atoms with E-state index in [-0.39, 0.29) is 5.75 Å². The lowest BCUT2D eigenvalue weighted by molar-refractivity contribution is 0.373. The highest BCUT2D eigenvalue weighted by atomic mass is 16.5. The highest BCUT2D eigenvalue weighted by Crippen LogP contribution is 2.32. The summed E-state index contributed by atoms with van der Waals surface area (Å²) in [6, 6.07) is 12.2. The summed E-state index contributed by atoms with van der Waals surface area (Å²) in [6.07, 6.45) is 1.09. The Morgan fingerprint density at radius 1 is 1.20 bits per heavy atom. The maximum atomic E-state index is 9.86. The fourth-order valence-electron chi connectivity index (χ4n) is 2.77. The SMILES string of the molecule is COc1ccc(CN2CCc3ccc(C)cc32)cc1O. The van der Waals surface area contributed by atoms with Gasteiger partial charge in [-0.3, -0.25) is 0 Å². The van der Waals surface area contributed by atoms with Crippen molar-refractivity contribution in [1.82, 2.24) is 0 Å². The molecule has 104 valence electrons. The largest absolute Gasteiger partial charge is 0.504 e. The standard InChI is InChI=1S/C17H19NO2/c1-12-3-5-14-7-8-18(15(14)9-12)11-13-4-6-17(20-2)16(19)10-13/h3-6,9-10,19H,7-8,11H2,1-2H3. The molecular formula is C17H19NO2. The Morgan fingerprint density at radius 2 is 2.05 bits per heavy atom. The van der Waals surface area contributed by atoms with Crippen molar-refractivity contribution in [3.05, 3.63) is 53.1 Å². The topological polar surface area (TPSA) is 32.7 Å². The van der Waals surface area contributed by atoms with Gasteiger partial charge < -0.3 is 14.7 Å². The van der Waals surface area contributed by atoms with Crippen molar-refractivity contribution >= 4 is 5.69 Å². The first-order valence-corrected chi connectivity index (χ1v) is 6.88. The smallest absolute Gasteiger partial charge is 0.160 e. The van der Waals surface area contributed by atoms with Gasteiger partial charge in [-0.15, -0.1) is 0 Å². The van der Waals surface area contributed by atoms with Crippen LogP contribution in [0.2, 0.25) is 0 Å². The fourth-order valence-corrected chi connectivity index (χ4v) is 2.77. The molecule has 20 heavy (non-hydrogen) atoms. The fraction of sp³-hybridized carbons (Fsp3) is 0.294. The van der Waals surface area contributed by atoms with Crippen molar-refractivity contribution in [1.29, 1.82) is 0 Å². The van der Waals surface area contributed by atoms with E-state index in [2.05, 4.69) is 30.0 Å². The zero-order valence-electron chi connectivity index (χ0n) is 11.9. The lowest BCUT2D eigenvalue weighted by atomic mass is 10.1. The van der Waals surface area contributed by atoms with Gasteiger partial charge in [0, 0.05) is 18.8 Å². The zero-order chi connectivity index (χ0) is 14.1. The highest BCUT2D eigenvalue weighted by Gasteiger charge is 2.19. The van der Waals surface area contributed by atoms with Crippen LogP contribution in [0, 0.1) is 6.92 Å². The molecule has 0 spiro atoms. The van der Waals surface area contributed by atoms with E-state index in [1.165, 1.54) is 16.8 Å². The molecule has 0 aromatic heterocycles. The summed E-state index contributed by atoms with van der Waals surface area (Å²) in [7, 11) is 1.56. The zero-order valence-corrected chi connectivity index (χ0v) is 11.9. The molecule has 0 unspecified atom stereocenters. The number of hydrogen-bond donors (Lipinski definition) is 1. The number of fused-ring (bicyclic) bond motifs is 1. The van der Waals surface area contributed by atoms with Gasteiger partial charge in [0.1, 0.15) is 0 Å². The molecular weight excluding hydrogens is 250 g/mol. The molecule has 3 rings (SSSR count). The van der Waals surface area contributed by atoms with E-state index < -0.39 is 0 Å². The van der Waals surface area contributed by atoms with Crippen molar-refractivity contribution in [3.8, 4) is 11.5 Å². The van der Waals surface area contributed by atoms with Crippen molar-refractivity contribution in [2.24, 2.45) is 0 Å². The van der Waals surface area contributed by atoms with E-state index >= 15 is 0 Å². The summed E-state index contributed by atoms with van der Waals surface area (Å²) in [5, 5.41) is 9.86. The summed E-state index contributed by atoms with van der Waals surface area (Å²) >= 11 is 0. The van der Waals surface area contributed by atoms with Crippen molar-refractivity contribution in [2.75, 3.05) is 18.6 Å². The monoisotopic (exact) mass is 269 g/mol. The number of anilines is 1. The van der Waals surface area contributed by atoms with Crippen LogP contribution < -0.4 is 9.64 Å². The van der Waals surface area contributed by atoms with Crippen LogP contribution in [0.3, 0.4) is 0 Å². The molecule has 2 aromatic carbocycles. The molecule has 0 fully saturated rings. The third-order valence-electron chi connectivity index (χ3n) is 3.85. The molecule has 0 amide bonds. The van der Waals surface area contributed by atoms with Gasteiger partial charge in [0.05, 0.1) is 7.11 Å². The number of methoxy groups -OCH3 is 1. The normalized spacial score (nSPS) is 13.4. The van der Waals surface area contributed by atoms with Crippen LogP contribution in [0.5, 0.6) is 11.5 Å². The first kappa shape index (κ1) is 12.9. The van der Waals surface area contributed by atoms with Crippen LogP contribution in [-0.2, 0) is 13.0 Å². The Labute approximate surface area is 119 Å². The average molecular weight is 269 g/mol. The number of rotatable bonds is 3. The maximum absolute atomic E-state index is 9.86. The number of aromatic hydroxyl groups is 1. The molecule has 3 heteroatoms. The van der Waals surface area contributed by atoms with Gasteiger partial charge in [0.15, 0.2) is 11.5 Å².